The highest BCUT2D eigenvalue weighted by Gasteiger charge is 2.41. The Kier molecular flexibility index (Phi) is 4.61. The van der Waals surface area contributed by atoms with Crippen molar-refractivity contribution in [2.45, 2.75) is 26.0 Å². The summed E-state index contributed by atoms with van der Waals surface area (Å²) in [7, 11) is 1.33. The molecule has 0 bridgehead atoms. The number of likely N-dealkylation sites (tertiary alicyclic amines) is 1. The van der Waals surface area contributed by atoms with Crippen LogP contribution in [0, 0.1) is 5.92 Å². The standard InChI is InChI=1S/C15H19NO4/c1-11-8-9-16(13(11)14(17)19-2)15(18)20-10-12-6-4-3-5-7-12/h3-7,11,13H,8-10H2,1-2H3/t11?,13-/m0/s1. The molecule has 0 saturated carbocycles. The summed E-state index contributed by atoms with van der Waals surface area (Å²) in [6, 6.07) is 8.91. The van der Waals surface area contributed by atoms with Crippen LogP contribution in [-0.4, -0.2) is 36.7 Å². The molecular formula is C15H19NO4. The number of carbonyl (C=O) groups is 2. The number of esters is 1. The van der Waals surface area contributed by atoms with Crippen LogP contribution >= 0.6 is 0 Å². The van der Waals surface area contributed by atoms with E-state index in [1.165, 1.54) is 12.0 Å². The van der Waals surface area contributed by atoms with Crippen molar-refractivity contribution in [1.82, 2.24) is 4.90 Å². The van der Waals surface area contributed by atoms with Gasteiger partial charge in [0, 0.05) is 6.54 Å². The zero-order chi connectivity index (χ0) is 14.5. The minimum absolute atomic E-state index is 0.0896. The van der Waals surface area contributed by atoms with Crippen LogP contribution in [0.5, 0.6) is 0 Å². The van der Waals surface area contributed by atoms with Gasteiger partial charge in [0.2, 0.25) is 0 Å². The van der Waals surface area contributed by atoms with E-state index in [0.717, 1.165) is 12.0 Å². The Bertz CT molecular complexity index is 474. The van der Waals surface area contributed by atoms with Gasteiger partial charge in [-0.05, 0) is 17.9 Å². The van der Waals surface area contributed by atoms with Gasteiger partial charge in [-0.15, -0.1) is 0 Å². The maximum atomic E-state index is 12.1. The molecule has 1 amide bonds. The highest BCUT2D eigenvalue weighted by molar-refractivity contribution is 5.82. The molecule has 0 radical (unpaired) electrons. The summed E-state index contributed by atoms with van der Waals surface area (Å²) in [5.41, 5.74) is 0.919. The van der Waals surface area contributed by atoms with E-state index < -0.39 is 12.1 Å². The molecule has 1 saturated heterocycles. The minimum Gasteiger partial charge on any atom is -0.467 e. The third-order valence-corrected chi connectivity index (χ3v) is 3.58. The maximum absolute atomic E-state index is 12.1. The number of methoxy groups -OCH3 is 1. The number of hydrogen-bond donors (Lipinski definition) is 0. The summed E-state index contributed by atoms with van der Waals surface area (Å²) >= 11 is 0. The molecule has 1 heterocycles. The molecule has 5 nitrogen and oxygen atoms in total. The van der Waals surface area contributed by atoms with Crippen molar-refractivity contribution in [2.75, 3.05) is 13.7 Å². The smallest absolute Gasteiger partial charge is 0.410 e. The Morgan fingerprint density at radius 2 is 2.00 bits per heavy atom. The maximum Gasteiger partial charge on any atom is 0.410 e. The van der Waals surface area contributed by atoms with Gasteiger partial charge in [-0.25, -0.2) is 9.59 Å². The summed E-state index contributed by atoms with van der Waals surface area (Å²) in [5, 5.41) is 0. The van der Waals surface area contributed by atoms with Crippen LogP contribution in [0.2, 0.25) is 0 Å². The zero-order valence-corrected chi connectivity index (χ0v) is 11.7. The van der Waals surface area contributed by atoms with Crippen molar-refractivity contribution in [2.24, 2.45) is 5.92 Å². The van der Waals surface area contributed by atoms with Crippen molar-refractivity contribution in [3.05, 3.63) is 35.9 Å². The number of amides is 1. The molecule has 1 fully saturated rings. The second kappa shape index (κ2) is 6.41. The van der Waals surface area contributed by atoms with Gasteiger partial charge in [0.05, 0.1) is 7.11 Å². The predicted octanol–water partition coefficient (Wildman–Crippen LogP) is 2.21. The van der Waals surface area contributed by atoms with Crippen LogP contribution < -0.4 is 0 Å². The molecule has 0 aromatic heterocycles. The Labute approximate surface area is 118 Å². The SMILES string of the molecule is COC(=O)[C@@H]1C(C)CCN1C(=O)OCc1ccccc1. The normalized spacial score (nSPS) is 21.6. The molecule has 2 atom stereocenters. The molecule has 20 heavy (non-hydrogen) atoms. The number of rotatable bonds is 3. The van der Waals surface area contributed by atoms with Crippen molar-refractivity contribution in [1.29, 1.82) is 0 Å². The quantitative estimate of drug-likeness (QED) is 0.795. The van der Waals surface area contributed by atoms with Gasteiger partial charge in [0.25, 0.3) is 0 Å². The fraction of sp³-hybridized carbons (Fsp3) is 0.467. The molecule has 1 aromatic rings. The second-order valence-electron chi connectivity index (χ2n) is 4.97. The monoisotopic (exact) mass is 277 g/mol. The first-order valence-electron chi connectivity index (χ1n) is 6.68. The number of carbonyl (C=O) groups excluding carboxylic acids is 2. The number of nitrogens with zero attached hydrogens (tertiary/aromatic N) is 1. The molecule has 1 aromatic carbocycles. The lowest BCUT2D eigenvalue weighted by Gasteiger charge is -2.24. The van der Waals surface area contributed by atoms with Crippen LogP contribution in [0.3, 0.4) is 0 Å². The summed E-state index contributed by atoms with van der Waals surface area (Å²) in [6.07, 6.45) is 0.314. The van der Waals surface area contributed by atoms with E-state index in [-0.39, 0.29) is 18.5 Å². The topological polar surface area (TPSA) is 55.8 Å². The van der Waals surface area contributed by atoms with Gasteiger partial charge in [-0.3, -0.25) is 4.90 Å². The first kappa shape index (κ1) is 14.4. The average molecular weight is 277 g/mol. The summed E-state index contributed by atoms with van der Waals surface area (Å²) in [4.78, 5) is 25.3. The lowest BCUT2D eigenvalue weighted by Crippen LogP contribution is -2.43. The molecule has 0 aliphatic carbocycles. The first-order chi connectivity index (χ1) is 9.63. The molecule has 2 rings (SSSR count). The first-order valence-corrected chi connectivity index (χ1v) is 6.68. The van der Waals surface area contributed by atoms with Crippen molar-refractivity contribution in [3.63, 3.8) is 0 Å². The lowest BCUT2D eigenvalue weighted by molar-refractivity contribution is -0.146. The third kappa shape index (κ3) is 3.10. The number of benzene rings is 1. The molecule has 108 valence electrons. The van der Waals surface area contributed by atoms with E-state index in [0.29, 0.717) is 6.54 Å². The van der Waals surface area contributed by atoms with Crippen LogP contribution in [0.4, 0.5) is 4.79 Å². The lowest BCUT2D eigenvalue weighted by atomic mass is 10.0. The highest BCUT2D eigenvalue weighted by Crippen LogP contribution is 2.25. The van der Waals surface area contributed by atoms with Gasteiger partial charge in [0.15, 0.2) is 0 Å². The van der Waals surface area contributed by atoms with Crippen molar-refractivity contribution < 1.29 is 19.1 Å². The molecule has 0 N–H and O–H groups in total. The molecule has 0 spiro atoms. The molecule has 1 unspecified atom stereocenters. The highest BCUT2D eigenvalue weighted by atomic mass is 16.6. The van der Waals surface area contributed by atoms with Crippen LogP contribution in [0.15, 0.2) is 30.3 Å². The largest absolute Gasteiger partial charge is 0.467 e. The van der Waals surface area contributed by atoms with Crippen LogP contribution in [0.1, 0.15) is 18.9 Å². The van der Waals surface area contributed by atoms with E-state index in [9.17, 15) is 9.59 Å². The number of ether oxygens (including phenoxy) is 2. The summed E-state index contributed by atoms with van der Waals surface area (Å²) < 4.78 is 10.0. The van der Waals surface area contributed by atoms with E-state index in [4.69, 9.17) is 9.47 Å². The predicted molar refractivity (Wildman–Crippen MR) is 72.9 cm³/mol. The second-order valence-corrected chi connectivity index (χ2v) is 4.97. The van der Waals surface area contributed by atoms with Gasteiger partial charge in [-0.2, -0.15) is 0 Å². The fourth-order valence-corrected chi connectivity index (χ4v) is 2.43. The van der Waals surface area contributed by atoms with Gasteiger partial charge in [0.1, 0.15) is 12.6 Å². The zero-order valence-electron chi connectivity index (χ0n) is 11.7. The third-order valence-electron chi connectivity index (χ3n) is 3.58. The van der Waals surface area contributed by atoms with Crippen molar-refractivity contribution >= 4 is 12.1 Å². The minimum atomic E-state index is -0.539. The summed E-state index contributed by atoms with van der Waals surface area (Å²) in [6.45, 7) is 2.67. The Morgan fingerprint density at radius 1 is 1.30 bits per heavy atom. The van der Waals surface area contributed by atoms with E-state index in [2.05, 4.69) is 0 Å². The molecular weight excluding hydrogens is 258 g/mol. The molecule has 1 aliphatic rings. The van der Waals surface area contributed by atoms with Gasteiger partial charge in [-0.1, -0.05) is 37.3 Å². The van der Waals surface area contributed by atoms with Gasteiger partial charge >= 0.3 is 12.1 Å². The molecule has 1 aliphatic heterocycles. The van der Waals surface area contributed by atoms with E-state index >= 15 is 0 Å². The van der Waals surface area contributed by atoms with E-state index in [1.54, 1.807) is 0 Å². The fourth-order valence-electron chi connectivity index (χ4n) is 2.43. The van der Waals surface area contributed by atoms with E-state index in [1.807, 2.05) is 37.3 Å². The average Bonchev–Trinajstić information content (AvgIpc) is 2.87. The Morgan fingerprint density at radius 3 is 2.65 bits per heavy atom. The van der Waals surface area contributed by atoms with Crippen molar-refractivity contribution in [3.8, 4) is 0 Å². The van der Waals surface area contributed by atoms with Crippen LogP contribution in [0.25, 0.3) is 0 Å². The number of hydrogen-bond acceptors (Lipinski definition) is 4. The Hall–Kier alpha value is -2.04. The van der Waals surface area contributed by atoms with Crippen LogP contribution in [-0.2, 0) is 20.9 Å². The van der Waals surface area contributed by atoms with Gasteiger partial charge < -0.3 is 9.47 Å². The summed E-state index contributed by atoms with van der Waals surface area (Å²) in [5.74, 6) is -0.293. The Balaban J connectivity index is 1.96. The molecule has 5 heteroatoms.